The number of nitro benzene ring substituents is 1. The number of hydrogen-bond acceptors (Lipinski definition) is 8. The van der Waals surface area contributed by atoms with Gasteiger partial charge in [0.25, 0.3) is 5.69 Å². The van der Waals surface area contributed by atoms with Crippen molar-refractivity contribution in [1.29, 1.82) is 0 Å². The van der Waals surface area contributed by atoms with Gasteiger partial charge in [-0.1, -0.05) is 12.1 Å². The molecule has 0 radical (unpaired) electrons. The van der Waals surface area contributed by atoms with Crippen LogP contribution in [0.5, 0.6) is 11.5 Å². The Morgan fingerprint density at radius 2 is 1.92 bits per heavy atom. The molecule has 0 unspecified atom stereocenters. The normalized spacial score (nSPS) is 13.6. The Hall–Kier alpha value is -4.51. The van der Waals surface area contributed by atoms with E-state index in [1.807, 2.05) is 6.92 Å². The van der Waals surface area contributed by atoms with Crippen molar-refractivity contribution in [1.82, 2.24) is 0 Å². The van der Waals surface area contributed by atoms with Crippen LogP contribution in [0.25, 0.3) is 6.08 Å². The highest BCUT2D eigenvalue weighted by Gasteiger charge is 2.24. The zero-order valence-electron chi connectivity index (χ0n) is 20.4. The molecule has 4 rings (SSSR count). The third kappa shape index (κ3) is 6.43. The van der Waals surface area contributed by atoms with Gasteiger partial charge in [-0.3, -0.25) is 14.9 Å². The van der Waals surface area contributed by atoms with E-state index in [9.17, 15) is 19.7 Å². The number of rotatable bonds is 9. The van der Waals surface area contributed by atoms with Gasteiger partial charge in [0.2, 0.25) is 11.8 Å². The van der Waals surface area contributed by atoms with Crippen LogP contribution < -0.4 is 14.8 Å². The predicted molar refractivity (Wildman–Crippen MR) is 144 cm³/mol. The summed E-state index contributed by atoms with van der Waals surface area (Å²) in [6.07, 6.45) is 1.57. The number of benzene rings is 3. The zero-order chi connectivity index (χ0) is 27.2. The highest BCUT2D eigenvalue weighted by molar-refractivity contribution is 9.10. The molecule has 0 fully saturated rings. The first-order valence-electron chi connectivity index (χ1n) is 11.5. The van der Waals surface area contributed by atoms with Crippen LogP contribution in [0.15, 0.2) is 75.8 Å². The summed E-state index contributed by atoms with van der Waals surface area (Å²) in [6.45, 7) is 3.69. The first kappa shape index (κ1) is 26.6. The molecule has 0 bridgehead atoms. The average molecular weight is 580 g/mol. The molecule has 0 aliphatic carbocycles. The number of nitro groups is 1. The largest absolute Gasteiger partial charge is 0.490 e. The van der Waals surface area contributed by atoms with Crippen LogP contribution in [0.1, 0.15) is 30.5 Å². The van der Waals surface area contributed by atoms with Crippen LogP contribution in [0.4, 0.5) is 11.4 Å². The molecule has 0 saturated heterocycles. The first-order valence-corrected chi connectivity index (χ1v) is 12.3. The Morgan fingerprint density at radius 3 is 2.61 bits per heavy atom. The van der Waals surface area contributed by atoms with Gasteiger partial charge in [0.15, 0.2) is 17.2 Å². The lowest BCUT2D eigenvalue weighted by Gasteiger charge is -2.15. The van der Waals surface area contributed by atoms with E-state index in [0.29, 0.717) is 45.0 Å². The summed E-state index contributed by atoms with van der Waals surface area (Å²) in [5.41, 5.74) is 2.51. The molecule has 1 N–H and O–H groups in total. The minimum absolute atomic E-state index is 0.0239. The Kier molecular flexibility index (Phi) is 8.17. The summed E-state index contributed by atoms with van der Waals surface area (Å²) in [5, 5.41) is 13.7. The first-order chi connectivity index (χ1) is 18.2. The summed E-state index contributed by atoms with van der Waals surface area (Å²) < 4.78 is 17.6. The smallest absolute Gasteiger partial charge is 0.363 e. The van der Waals surface area contributed by atoms with Crippen molar-refractivity contribution in [3.05, 3.63) is 97.6 Å². The number of amides is 1. The van der Waals surface area contributed by atoms with Crippen LogP contribution >= 0.6 is 15.9 Å². The number of carbonyl (C=O) groups is 2. The Morgan fingerprint density at radius 1 is 1.16 bits per heavy atom. The molecule has 0 atom stereocenters. The topological polar surface area (TPSA) is 129 Å². The standard InChI is InChI=1S/C27H22BrN3O7/c1-3-36-24-14-18(12-22(28)25(24)37-15-17-5-4-6-21(11-17)31(34)35)13-23-27(33)38-26(30-23)19-7-9-20(10-8-19)29-16(2)32/h4-14H,3,15H2,1-2H3,(H,29,32)/b23-13-. The molecule has 1 heterocycles. The number of non-ortho nitro benzene ring substituents is 1. The molecule has 194 valence electrons. The quantitative estimate of drug-likeness (QED) is 0.150. The van der Waals surface area contributed by atoms with Crippen molar-refractivity contribution < 1.29 is 28.7 Å². The molecular weight excluding hydrogens is 558 g/mol. The van der Waals surface area contributed by atoms with Crippen LogP contribution in [0.3, 0.4) is 0 Å². The maximum absolute atomic E-state index is 12.5. The van der Waals surface area contributed by atoms with Gasteiger partial charge in [0.1, 0.15) is 6.61 Å². The molecule has 38 heavy (non-hydrogen) atoms. The van der Waals surface area contributed by atoms with Crippen molar-refractivity contribution in [3.8, 4) is 11.5 Å². The SMILES string of the molecule is CCOc1cc(/C=C2\N=C(c3ccc(NC(C)=O)cc3)OC2=O)cc(Br)c1OCc1cccc([N+](=O)[O-])c1. The summed E-state index contributed by atoms with van der Waals surface area (Å²) in [6, 6.07) is 16.4. The second-order valence-corrected chi connectivity index (χ2v) is 8.93. The predicted octanol–water partition coefficient (Wildman–Crippen LogP) is 5.64. The van der Waals surface area contributed by atoms with E-state index in [1.54, 1.807) is 54.6 Å². The number of nitrogens with one attached hydrogen (secondary N) is 1. The van der Waals surface area contributed by atoms with Crippen molar-refractivity contribution in [2.75, 3.05) is 11.9 Å². The van der Waals surface area contributed by atoms with E-state index < -0.39 is 10.9 Å². The second kappa shape index (κ2) is 11.7. The second-order valence-electron chi connectivity index (χ2n) is 8.07. The number of nitrogens with zero attached hydrogens (tertiary/aromatic N) is 2. The molecular formula is C27H22BrN3O7. The zero-order valence-corrected chi connectivity index (χ0v) is 22.0. The third-order valence-electron chi connectivity index (χ3n) is 5.21. The lowest BCUT2D eigenvalue weighted by atomic mass is 10.1. The number of ether oxygens (including phenoxy) is 3. The Labute approximate surface area is 226 Å². The molecule has 1 amide bonds. The fourth-order valence-corrected chi connectivity index (χ4v) is 4.15. The molecule has 0 aromatic heterocycles. The molecule has 3 aromatic carbocycles. The number of aliphatic imine (C=N–C) groups is 1. The molecule has 11 heteroatoms. The van der Waals surface area contributed by atoms with E-state index in [-0.39, 0.29) is 29.8 Å². The monoisotopic (exact) mass is 579 g/mol. The number of esters is 1. The molecule has 1 aliphatic rings. The molecule has 0 saturated carbocycles. The van der Waals surface area contributed by atoms with E-state index in [4.69, 9.17) is 14.2 Å². The van der Waals surface area contributed by atoms with E-state index >= 15 is 0 Å². The van der Waals surface area contributed by atoms with E-state index in [0.717, 1.165) is 0 Å². The lowest BCUT2D eigenvalue weighted by molar-refractivity contribution is -0.384. The fraction of sp³-hybridized carbons (Fsp3) is 0.148. The van der Waals surface area contributed by atoms with Crippen LogP contribution in [0, 0.1) is 10.1 Å². The van der Waals surface area contributed by atoms with Gasteiger partial charge < -0.3 is 19.5 Å². The van der Waals surface area contributed by atoms with Crippen molar-refractivity contribution in [2.45, 2.75) is 20.5 Å². The molecule has 0 spiro atoms. The van der Waals surface area contributed by atoms with Crippen molar-refractivity contribution >= 4 is 51.2 Å². The Balaban J connectivity index is 1.56. The minimum atomic E-state index is -0.606. The Bertz CT molecular complexity index is 1470. The van der Waals surface area contributed by atoms with Gasteiger partial charge in [0, 0.05) is 30.3 Å². The van der Waals surface area contributed by atoms with Crippen molar-refractivity contribution in [2.24, 2.45) is 4.99 Å². The van der Waals surface area contributed by atoms with Gasteiger partial charge in [-0.05, 0) is 76.5 Å². The van der Waals surface area contributed by atoms with Gasteiger partial charge in [-0.2, -0.15) is 0 Å². The number of halogens is 1. The maximum Gasteiger partial charge on any atom is 0.363 e. The van der Waals surface area contributed by atoms with E-state index in [2.05, 4.69) is 26.2 Å². The lowest BCUT2D eigenvalue weighted by Crippen LogP contribution is -2.07. The van der Waals surface area contributed by atoms with Gasteiger partial charge in [-0.25, -0.2) is 9.79 Å². The van der Waals surface area contributed by atoms with Crippen LogP contribution in [-0.2, 0) is 20.9 Å². The number of carbonyl (C=O) groups excluding carboxylic acids is 2. The summed E-state index contributed by atoms with van der Waals surface area (Å²) in [4.78, 5) is 38.6. The van der Waals surface area contributed by atoms with Crippen LogP contribution in [-0.4, -0.2) is 29.3 Å². The van der Waals surface area contributed by atoms with E-state index in [1.165, 1.54) is 19.1 Å². The minimum Gasteiger partial charge on any atom is -0.490 e. The number of hydrogen-bond donors (Lipinski definition) is 1. The molecule has 10 nitrogen and oxygen atoms in total. The third-order valence-corrected chi connectivity index (χ3v) is 5.80. The summed E-state index contributed by atoms with van der Waals surface area (Å²) in [7, 11) is 0. The van der Waals surface area contributed by atoms with Gasteiger partial charge in [-0.15, -0.1) is 0 Å². The molecule has 1 aliphatic heterocycles. The van der Waals surface area contributed by atoms with Gasteiger partial charge in [0.05, 0.1) is 16.0 Å². The summed E-state index contributed by atoms with van der Waals surface area (Å²) >= 11 is 3.49. The summed E-state index contributed by atoms with van der Waals surface area (Å²) in [5.74, 6) is 0.189. The molecule has 3 aromatic rings. The fourth-order valence-electron chi connectivity index (χ4n) is 3.58. The highest BCUT2D eigenvalue weighted by Crippen LogP contribution is 2.38. The average Bonchev–Trinajstić information content (AvgIpc) is 3.24. The van der Waals surface area contributed by atoms with Gasteiger partial charge >= 0.3 is 5.97 Å². The maximum atomic E-state index is 12.5. The highest BCUT2D eigenvalue weighted by atomic mass is 79.9. The number of anilines is 1. The van der Waals surface area contributed by atoms with Crippen molar-refractivity contribution in [3.63, 3.8) is 0 Å². The number of cyclic esters (lactones) is 1. The van der Waals surface area contributed by atoms with Crippen LogP contribution in [0.2, 0.25) is 0 Å².